The zero-order valence-electron chi connectivity index (χ0n) is 20.9. The van der Waals surface area contributed by atoms with Crippen molar-refractivity contribution >= 4 is 27.6 Å². The highest BCUT2D eigenvalue weighted by Crippen LogP contribution is 2.36. The average Bonchev–Trinajstić information content (AvgIpc) is 2.87. The quantitative estimate of drug-likeness (QED) is 0.270. The molecule has 0 unspecified atom stereocenters. The number of halogens is 1. The molecule has 1 N–H and O–H groups in total. The van der Waals surface area contributed by atoms with Crippen LogP contribution in [0.2, 0.25) is 5.02 Å². The largest absolute Gasteiger partial charge is 0.481 e. The van der Waals surface area contributed by atoms with Gasteiger partial charge in [0.1, 0.15) is 0 Å². The Morgan fingerprint density at radius 3 is 2.62 bits per heavy atom. The third-order valence-corrected chi connectivity index (χ3v) is 8.75. The molecule has 0 spiro atoms. The highest BCUT2D eigenvalue weighted by atomic mass is 35.5. The number of aryl methyl sites for hydroxylation is 1. The van der Waals surface area contributed by atoms with E-state index in [-0.39, 0.29) is 30.7 Å². The molecule has 37 heavy (non-hydrogen) atoms. The fraction of sp³-hybridized carbons (Fsp3) is 0.321. The summed E-state index contributed by atoms with van der Waals surface area (Å²) in [6, 6.07) is 15.9. The van der Waals surface area contributed by atoms with Crippen LogP contribution in [-0.4, -0.2) is 35.3 Å². The Bertz CT molecular complexity index is 1400. The third-order valence-electron chi connectivity index (χ3n) is 6.29. The number of carboxylic acids is 1. The molecule has 0 aliphatic carbocycles. The van der Waals surface area contributed by atoms with Crippen molar-refractivity contribution in [2.24, 2.45) is 0 Å². The average molecular weight is 540 g/mol. The number of hydrogen-bond donors (Lipinski definition) is 1. The van der Waals surface area contributed by atoms with Gasteiger partial charge < -0.3 is 5.11 Å². The van der Waals surface area contributed by atoms with Gasteiger partial charge in [0.25, 0.3) is 0 Å². The van der Waals surface area contributed by atoms with E-state index in [4.69, 9.17) is 16.9 Å². The molecule has 0 bridgehead atoms. The minimum Gasteiger partial charge on any atom is -0.481 e. The number of aliphatic carboxylic acids is 1. The fourth-order valence-corrected chi connectivity index (χ4v) is 6.55. The Balaban J connectivity index is 2.14. The van der Waals surface area contributed by atoms with E-state index in [1.165, 1.54) is 10.4 Å². The van der Waals surface area contributed by atoms with Crippen LogP contribution in [0, 0.1) is 25.2 Å². The Kier molecular flexibility index (Phi) is 9.81. The summed E-state index contributed by atoms with van der Waals surface area (Å²) in [5.41, 5.74) is 4.10. The molecule has 1 atom stereocenters. The van der Waals surface area contributed by atoms with Gasteiger partial charge in [-0.2, -0.15) is 9.57 Å². The predicted molar refractivity (Wildman–Crippen MR) is 144 cm³/mol. The second-order valence-electron chi connectivity index (χ2n) is 8.86. The van der Waals surface area contributed by atoms with Crippen LogP contribution in [0.15, 0.2) is 65.8 Å². The van der Waals surface area contributed by atoms with Gasteiger partial charge in [0.05, 0.1) is 17.0 Å². The van der Waals surface area contributed by atoms with Crippen LogP contribution in [0.3, 0.4) is 0 Å². The summed E-state index contributed by atoms with van der Waals surface area (Å²) in [6.07, 6.45) is 4.63. The highest BCUT2D eigenvalue weighted by molar-refractivity contribution is 7.89. The number of benzene rings is 2. The van der Waals surface area contributed by atoms with Crippen LogP contribution in [0.25, 0.3) is 11.1 Å². The minimum absolute atomic E-state index is 0.0102. The van der Waals surface area contributed by atoms with E-state index >= 15 is 0 Å². The van der Waals surface area contributed by atoms with Gasteiger partial charge in [0.15, 0.2) is 0 Å². The molecule has 3 rings (SSSR count). The first-order chi connectivity index (χ1) is 17.7. The summed E-state index contributed by atoms with van der Waals surface area (Å²) >= 11 is 6.27. The summed E-state index contributed by atoms with van der Waals surface area (Å²) in [4.78, 5) is 15.5. The number of carboxylic acid groups (broad SMARTS) is 1. The van der Waals surface area contributed by atoms with Crippen molar-refractivity contribution in [3.05, 3.63) is 82.6 Å². The van der Waals surface area contributed by atoms with Crippen molar-refractivity contribution in [2.75, 3.05) is 6.54 Å². The number of pyridine rings is 1. The normalized spacial score (nSPS) is 12.3. The Labute approximate surface area is 223 Å². The topological polar surface area (TPSA) is 111 Å². The maximum absolute atomic E-state index is 14.1. The lowest BCUT2D eigenvalue weighted by molar-refractivity contribution is -0.137. The number of unbranched alkanes of at least 4 members (excludes halogenated alkanes) is 1. The first kappa shape index (κ1) is 28.3. The van der Waals surface area contributed by atoms with E-state index in [0.29, 0.717) is 23.4 Å². The van der Waals surface area contributed by atoms with E-state index < -0.39 is 22.0 Å². The molecular weight excluding hydrogens is 510 g/mol. The molecule has 9 heteroatoms. The fourth-order valence-electron chi connectivity index (χ4n) is 4.39. The molecule has 0 aliphatic heterocycles. The van der Waals surface area contributed by atoms with Crippen LogP contribution < -0.4 is 0 Å². The Morgan fingerprint density at radius 2 is 1.92 bits per heavy atom. The summed E-state index contributed by atoms with van der Waals surface area (Å²) in [5, 5.41) is 18.7. The number of carbonyl (C=O) groups is 1. The van der Waals surface area contributed by atoms with E-state index in [9.17, 15) is 18.3 Å². The highest BCUT2D eigenvalue weighted by Gasteiger charge is 2.33. The first-order valence-corrected chi connectivity index (χ1v) is 13.8. The van der Waals surface area contributed by atoms with Crippen LogP contribution in [-0.2, 0) is 14.8 Å². The van der Waals surface area contributed by atoms with Gasteiger partial charge in [0, 0.05) is 36.8 Å². The van der Waals surface area contributed by atoms with E-state index in [1.807, 2.05) is 37.3 Å². The second kappa shape index (κ2) is 12.8. The molecular formula is C28H30ClN3O4S. The maximum atomic E-state index is 14.1. The van der Waals surface area contributed by atoms with Crippen LogP contribution >= 0.6 is 11.6 Å². The van der Waals surface area contributed by atoms with Gasteiger partial charge in [-0.25, -0.2) is 8.42 Å². The van der Waals surface area contributed by atoms with Crippen LogP contribution in [0.5, 0.6) is 0 Å². The number of hydrogen-bond acceptors (Lipinski definition) is 5. The summed E-state index contributed by atoms with van der Waals surface area (Å²) in [5.74, 6) is -0.993. The van der Waals surface area contributed by atoms with Crippen LogP contribution in [0.4, 0.5) is 0 Å². The van der Waals surface area contributed by atoms with Crippen molar-refractivity contribution in [3.8, 4) is 17.2 Å². The number of rotatable bonds is 12. The van der Waals surface area contributed by atoms with Gasteiger partial charge in [-0.05, 0) is 85.2 Å². The molecule has 0 fully saturated rings. The molecule has 1 aromatic heterocycles. The molecule has 3 aromatic rings. The Morgan fingerprint density at radius 1 is 1.16 bits per heavy atom. The lowest BCUT2D eigenvalue weighted by atomic mass is 9.95. The number of sulfonamides is 1. The third kappa shape index (κ3) is 6.95. The van der Waals surface area contributed by atoms with Crippen molar-refractivity contribution in [2.45, 2.75) is 56.9 Å². The Hall–Kier alpha value is -3.25. The zero-order valence-corrected chi connectivity index (χ0v) is 22.5. The molecule has 0 saturated carbocycles. The van der Waals surface area contributed by atoms with Crippen molar-refractivity contribution in [3.63, 3.8) is 0 Å². The van der Waals surface area contributed by atoms with E-state index in [1.54, 1.807) is 31.5 Å². The van der Waals surface area contributed by atoms with Crippen molar-refractivity contribution in [1.29, 1.82) is 5.26 Å². The standard InChI is InChI=1S/C28H30ClN3O4S/c1-20-19-31-16-14-24(20)22-8-5-9-23(18-22)26(11-3-4-15-30)32(17-7-13-28(33)34)37(35,36)27-12-6-10-25(29)21(27)2/h5-6,8-10,12,14,16,18-19,26H,3-4,7,11,13,17H2,1-2H3,(H,33,34)/t26-/m0/s1. The molecule has 194 valence electrons. The van der Waals surface area contributed by atoms with Gasteiger partial charge in [0.2, 0.25) is 10.0 Å². The van der Waals surface area contributed by atoms with Gasteiger partial charge in [-0.15, -0.1) is 0 Å². The number of aromatic nitrogens is 1. The lowest BCUT2D eigenvalue weighted by Gasteiger charge is -2.32. The molecule has 1 heterocycles. The summed E-state index contributed by atoms with van der Waals surface area (Å²) in [7, 11) is -4.06. The lowest BCUT2D eigenvalue weighted by Crippen LogP contribution is -2.36. The first-order valence-electron chi connectivity index (χ1n) is 12.0. The van der Waals surface area contributed by atoms with Crippen molar-refractivity contribution < 1.29 is 18.3 Å². The van der Waals surface area contributed by atoms with E-state index in [0.717, 1.165) is 22.3 Å². The van der Waals surface area contributed by atoms with E-state index in [2.05, 4.69) is 11.1 Å². The smallest absolute Gasteiger partial charge is 0.303 e. The number of nitriles is 1. The van der Waals surface area contributed by atoms with Gasteiger partial charge in [-0.3, -0.25) is 9.78 Å². The second-order valence-corrected chi connectivity index (χ2v) is 11.1. The monoisotopic (exact) mass is 539 g/mol. The minimum atomic E-state index is -4.06. The zero-order chi connectivity index (χ0) is 27.0. The summed E-state index contributed by atoms with van der Waals surface area (Å²) in [6.45, 7) is 3.63. The van der Waals surface area contributed by atoms with Crippen LogP contribution in [0.1, 0.15) is 54.8 Å². The van der Waals surface area contributed by atoms with Gasteiger partial charge in [-0.1, -0.05) is 35.9 Å². The molecule has 0 amide bonds. The summed E-state index contributed by atoms with van der Waals surface area (Å²) < 4.78 is 29.5. The molecule has 7 nitrogen and oxygen atoms in total. The van der Waals surface area contributed by atoms with Crippen molar-refractivity contribution in [1.82, 2.24) is 9.29 Å². The number of nitrogens with zero attached hydrogens (tertiary/aromatic N) is 3. The SMILES string of the molecule is Cc1cnccc1-c1cccc([C@H](CCCC#N)N(CCCC(=O)O)S(=O)(=O)c2cccc(Cl)c2C)c1. The molecule has 0 radical (unpaired) electrons. The predicted octanol–water partition coefficient (Wildman–Crippen LogP) is 6.31. The molecule has 0 saturated heterocycles. The molecule has 2 aromatic carbocycles. The maximum Gasteiger partial charge on any atom is 0.303 e. The molecule has 0 aliphatic rings. The van der Waals surface area contributed by atoms with Gasteiger partial charge >= 0.3 is 5.97 Å².